The van der Waals surface area contributed by atoms with Gasteiger partial charge >= 0.3 is 5.69 Å². The van der Waals surface area contributed by atoms with Crippen molar-refractivity contribution in [2.75, 3.05) is 19.3 Å². The highest BCUT2D eigenvalue weighted by Gasteiger charge is 2.29. The molecule has 1 fully saturated rings. The molecule has 1 saturated heterocycles. The standard InChI is InChI=1S/C20H19N7O3S/c1-31(29,30)25-7-2-3-14(12-25)27-19-17(24-20(27)28)5-4-16(23-19)15-11-22-26-8-6-13(10-21)9-18(15)26/h4-6,8-9,11,14H,2-3,7,12H2,1H3,(H,24,28)/t14-/m0/s1. The molecule has 5 rings (SSSR count). The fraction of sp³-hybridized carbons (Fsp3) is 0.300. The molecule has 10 nitrogen and oxygen atoms in total. The number of hydrogen-bond donors (Lipinski definition) is 1. The van der Waals surface area contributed by atoms with Gasteiger partial charge in [0.25, 0.3) is 0 Å². The van der Waals surface area contributed by atoms with Gasteiger partial charge in [0.15, 0.2) is 5.65 Å². The van der Waals surface area contributed by atoms with E-state index in [1.165, 1.54) is 10.6 Å². The van der Waals surface area contributed by atoms with Gasteiger partial charge in [0.05, 0.1) is 46.9 Å². The maximum atomic E-state index is 12.7. The van der Waals surface area contributed by atoms with Crippen molar-refractivity contribution in [3.63, 3.8) is 0 Å². The SMILES string of the molecule is CS(=O)(=O)N1CCC[C@H](n2c(=O)[nH]c3ccc(-c4cnn5ccc(C#N)cc45)nc32)C1. The minimum atomic E-state index is -3.34. The third-order valence-electron chi connectivity index (χ3n) is 5.68. The average molecular weight is 437 g/mol. The minimum Gasteiger partial charge on any atom is -0.304 e. The van der Waals surface area contributed by atoms with Gasteiger partial charge < -0.3 is 4.98 Å². The van der Waals surface area contributed by atoms with Crippen LogP contribution in [0.15, 0.2) is 41.5 Å². The Bertz CT molecular complexity index is 1520. The first-order valence-electron chi connectivity index (χ1n) is 9.79. The molecule has 0 aromatic carbocycles. The first-order valence-corrected chi connectivity index (χ1v) is 11.6. The second kappa shape index (κ2) is 7.04. The van der Waals surface area contributed by atoms with Crippen LogP contribution >= 0.6 is 0 Å². The highest BCUT2D eigenvalue weighted by Crippen LogP contribution is 2.28. The number of aromatic nitrogens is 5. The lowest BCUT2D eigenvalue weighted by molar-refractivity contribution is 0.268. The molecular formula is C20H19N7O3S. The molecule has 1 N–H and O–H groups in total. The molecule has 4 aromatic heterocycles. The van der Waals surface area contributed by atoms with E-state index in [1.807, 2.05) is 0 Å². The van der Waals surface area contributed by atoms with Crippen LogP contribution in [-0.4, -0.2) is 56.2 Å². The van der Waals surface area contributed by atoms with E-state index in [2.05, 4.69) is 16.2 Å². The van der Waals surface area contributed by atoms with Crippen molar-refractivity contribution >= 4 is 26.7 Å². The summed E-state index contributed by atoms with van der Waals surface area (Å²) in [4.78, 5) is 20.3. The number of H-pyrrole nitrogens is 1. The van der Waals surface area contributed by atoms with Crippen molar-refractivity contribution in [1.82, 2.24) is 28.5 Å². The van der Waals surface area contributed by atoms with Gasteiger partial charge in [-0.25, -0.2) is 27.0 Å². The molecule has 0 unspecified atom stereocenters. The Hall–Kier alpha value is -3.49. The number of nitrogens with one attached hydrogen (secondary N) is 1. The molecule has 31 heavy (non-hydrogen) atoms. The Morgan fingerprint density at radius 3 is 2.90 bits per heavy atom. The van der Waals surface area contributed by atoms with Gasteiger partial charge in [0.2, 0.25) is 10.0 Å². The first kappa shape index (κ1) is 19.5. The number of nitrogens with zero attached hydrogens (tertiary/aromatic N) is 6. The van der Waals surface area contributed by atoms with Crippen LogP contribution in [0, 0.1) is 11.3 Å². The van der Waals surface area contributed by atoms with Gasteiger partial charge in [-0.1, -0.05) is 0 Å². The number of fused-ring (bicyclic) bond motifs is 2. The summed E-state index contributed by atoms with van der Waals surface area (Å²) in [6.07, 6.45) is 5.93. The Labute approximate surface area is 177 Å². The van der Waals surface area contributed by atoms with Crippen LogP contribution in [-0.2, 0) is 10.0 Å². The number of imidazole rings is 1. The largest absolute Gasteiger partial charge is 0.327 e. The number of rotatable bonds is 3. The third-order valence-corrected chi connectivity index (χ3v) is 6.95. The van der Waals surface area contributed by atoms with E-state index in [4.69, 9.17) is 4.98 Å². The summed E-state index contributed by atoms with van der Waals surface area (Å²) in [7, 11) is -3.34. The van der Waals surface area contributed by atoms with E-state index >= 15 is 0 Å². The zero-order valence-electron chi connectivity index (χ0n) is 16.7. The van der Waals surface area contributed by atoms with E-state index in [0.29, 0.717) is 41.8 Å². The van der Waals surface area contributed by atoms with Crippen LogP contribution < -0.4 is 5.69 Å². The molecule has 1 aliphatic rings. The number of aromatic amines is 1. The van der Waals surface area contributed by atoms with E-state index in [-0.39, 0.29) is 18.3 Å². The molecule has 0 saturated carbocycles. The predicted octanol–water partition coefficient (Wildman–Crippen LogP) is 1.51. The topological polar surface area (TPSA) is 129 Å². The van der Waals surface area contributed by atoms with Gasteiger partial charge in [-0.2, -0.15) is 10.4 Å². The summed E-state index contributed by atoms with van der Waals surface area (Å²) in [5.41, 5.74) is 3.33. The maximum Gasteiger partial charge on any atom is 0.327 e. The van der Waals surface area contributed by atoms with Gasteiger partial charge in [0, 0.05) is 24.8 Å². The van der Waals surface area contributed by atoms with Crippen molar-refractivity contribution in [3.8, 4) is 17.3 Å². The zero-order chi connectivity index (χ0) is 21.8. The lowest BCUT2D eigenvalue weighted by Gasteiger charge is -2.31. The molecular weight excluding hydrogens is 418 g/mol. The fourth-order valence-electron chi connectivity index (χ4n) is 4.17. The number of nitriles is 1. The van der Waals surface area contributed by atoms with E-state index in [1.54, 1.807) is 45.7 Å². The molecule has 0 radical (unpaired) electrons. The molecule has 0 aliphatic carbocycles. The van der Waals surface area contributed by atoms with Gasteiger partial charge in [-0.3, -0.25) is 4.57 Å². The number of sulfonamides is 1. The summed E-state index contributed by atoms with van der Waals surface area (Å²) in [5.74, 6) is 0. The number of piperidine rings is 1. The van der Waals surface area contributed by atoms with Crippen molar-refractivity contribution < 1.29 is 8.42 Å². The van der Waals surface area contributed by atoms with Crippen LogP contribution in [0.25, 0.3) is 27.9 Å². The Kier molecular flexibility index (Phi) is 4.42. The van der Waals surface area contributed by atoms with E-state index < -0.39 is 10.0 Å². The molecule has 0 amide bonds. The number of pyridine rings is 2. The van der Waals surface area contributed by atoms with Crippen LogP contribution in [0.2, 0.25) is 0 Å². The lowest BCUT2D eigenvalue weighted by atomic mass is 10.1. The monoisotopic (exact) mass is 437 g/mol. The normalized spacial score (nSPS) is 17.9. The van der Waals surface area contributed by atoms with Crippen LogP contribution in [0.4, 0.5) is 0 Å². The molecule has 11 heteroatoms. The quantitative estimate of drug-likeness (QED) is 0.517. The van der Waals surface area contributed by atoms with E-state index in [9.17, 15) is 18.5 Å². The summed E-state index contributed by atoms with van der Waals surface area (Å²) in [5, 5.41) is 13.5. The Morgan fingerprint density at radius 2 is 2.13 bits per heavy atom. The Balaban J connectivity index is 1.63. The first-order chi connectivity index (χ1) is 14.8. The second-order valence-corrected chi connectivity index (χ2v) is 9.68. The molecule has 0 bridgehead atoms. The molecule has 1 atom stereocenters. The predicted molar refractivity (Wildman–Crippen MR) is 114 cm³/mol. The minimum absolute atomic E-state index is 0.236. The van der Waals surface area contributed by atoms with Crippen molar-refractivity contribution in [2.24, 2.45) is 0 Å². The zero-order valence-corrected chi connectivity index (χ0v) is 17.5. The van der Waals surface area contributed by atoms with Crippen LogP contribution in [0.1, 0.15) is 24.4 Å². The molecule has 4 aromatic rings. The maximum absolute atomic E-state index is 12.7. The third kappa shape index (κ3) is 3.30. The van der Waals surface area contributed by atoms with Crippen molar-refractivity contribution in [1.29, 1.82) is 5.26 Å². The second-order valence-electron chi connectivity index (χ2n) is 7.70. The van der Waals surface area contributed by atoms with Crippen LogP contribution in [0.3, 0.4) is 0 Å². The summed E-state index contributed by atoms with van der Waals surface area (Å²) >= 11 is 0. The summed E-state index contributed by atoms with van der Waals surface area (Å²) in [6.45, 7) is 0.689. The summed E-state index contributed by atoms with van der Waals surface area (Å²) < 4.78 is 28.7. The molecule has 0 spiro atoms. The highest BCUT2D eigenvalue weighted by molar-refractivity contribution is 7.88. The Morgan fingerprint density at radius 1 is 1.29 bits per heavy atom. The molecule has 158 valence electrons. The summed E-state index contributed by atoms with van der Waals surface area (Å²) in [6, 6.07) is 8.82. The molecule has 1 aliphatic heterocycles. The molecule has 5 heterocycles. The van der Waals surface area contributed by atoms with Gasteiger partial charge in [0.1, 0.15) is 0 Å². The highest BCUT2D eigenvalue weighted by atomic mass is 32.2. The number of hydrogen-bond acceptors (Lipinski definition) is 6. The van der Waals surface area contributed by atoms with E-state index in [0.717, 1.165) is 11.1 Å². The average Bonchev–Trinajstić information content (AvgIpc) is 3.32. The van der Waals surface area contributed by atoms with Crippen molar-refractivity contribution in [2.45, 2.75) is 18.9 Å². The van der Waals surface area contributed by atoms with Gasteiger partial charge in [-0.05, 0) is 37.1 Å². The van der Waals surface area contributed by atoms with Crippen LogP contribution in [0.5, 0.6) is 0 Å². The smallest absolute Gasteiger partial charge is 0.304 e. The van der Waals surface area contributed by atoms with Crippen molar-refractivity contribution in [3.05, 3.63) is 52.7 Å². The fourth-order valence-corrected chi connectivity index (χ4v) is 5.07. The lowest BCUT2D eigenvalue weighted by Crippen LogP contribution is -2.42. The van der Waals surface area contributed by atoms with Gasteiger partial charge in [-0.15, -0.1) is 0 Å².